The first kappa shape index (κ1) is 29.4. The number of aliphatic imine (C=N–C) groups is 2. The molecule has 3 N–H and O–H groups in total. The van der Waals surface area contributed by atoms with Crippen molar-refractivity contribution in [1.29, 1.82) is 0 Å². The molecule has 1 aromatic heterocycles. The Morgan fingerprint density at radius 1 is 0.644 bits per heavy atom. The third kappa shape index (κ3) is 6.09. The maximum Gasteiger partial charge on any atom is 0.318 e. The topological polar surface area (TPSA) is 266 Å². The lowest BCUT2D eigenvalue weighted by atomic mass is 10.1. The second-order valence-electron chi connectivity index (χ2n) is 9.18. The van der Waals surface area contributed by atoms with Gasteiger partial charge >= 0.3 is 11.4 Å². The highest BCUT2D eigenvalue weighted by atomic mass is 16.6. The minimum atomic E-state index is -0.938. The molecule has 0 atom stereocenters. The van der Waals surface area contributed by atoms with Crippen LogP contribution < -0.4 is 0 Å². The summed E-state index contributed by atoms with van der Waals surface area (Å²) in [5, 5.41) is 65.0. The van der Waals surface area contributed by atoms with Gasteiger partial charge in [0.1, 0.15) is 5.82 Å². The van der Waals surface area contributed by atoms with E-state index in [9.17, 15) is 50.7 Å². The molecule has 0 saturated carbocycles. The molecule has 0 aliphatic rings. The molecule has 5 rings (SSSR count). The number of fused-ring (bicyclic) bond motifs is 1. The van der Waals surface area contributed by atoms with Gasteiger partial charge in [-0.15, -0.1) is 0 Å². The quantitative estimate of drug-likeness (QED) is 0.102. The van der Waals surface area contributed by atoms with Crippen molar-refractivity contribution in [3.63, 3.8) is 0 Å². The van der Waals surface area contributed by atoms with Gasteiger partial charge in [0.05, 0.1) is 54.2 Å². The molecule has 224 valence electrons. The molecule has 0 aliphatic heterocycles. The fourth-order valence-corrected chi connectivity index (χ4v) is 4.15. The van der Waals surface area contributed by atoms with Gasteiger partial charge in [-0.1, -0.05) is 0 Å². The monoisotopic (exact) mass is 612 g/mol. The summed E-state index contributed by atoms with van der Waals surface area (Å²) in [4.78, 5) is 57.0. The number of benzene rings is 4. The number of nitro benzene ring substituents is 4. The van der Waals surface area contributed by atoms with Crippen molar-refractivity contribution >= 4 is 57.6 Å². The molecule has 5 aromatic rings. The minimum absolute atomic E-state index is 0.213. The van der Waals surface area contributed by atoms with E-state index in [0.29, 0.717) is 45.9 Å². The Morgan fingerprint density at radius 2 is 1.13 bits per heavy atom. The Labute approximate surface area is 248 Å². The second-order valence-corrected chi connectivity index (χ2v) is 9.18. The predicted octanol–water partition coefficient (Wildman–Crippen LogP) is 5.78. The Balaban J connectivity index is 1.38. The van der Waals surface area contributed by atoms with Crippen molar-refractivity contribution in [2.24, 2.45) is 9.98 Å². The number of aromatic nitrogens is 2. The van der Waals surface area contributed by atoms with Crippen molar-refractivity contribution in [2.45, 2.75) is 0 Å². The summed E-state index contributed by atoms with van der Waals surface area (Å²) in [7, 11) is 0. The van der Waals surface area contributed by atoms with Gasteiger partial charge in [0, 0.05) is 41.3 Å². The molecule has 0 saturated heterocycles. The smallest absolute Gasteiger partial charge is 0.318 e. The fourth-order valence-electron chi connectivity index (χ4n) is 4.15. The number of aromatic hydroxyl groups is 2. The van der Waals surface area contributed by atoms with Gasteiger partial charge in [0.2, 0.25) is 11.5 Å². The third-order valence-corrected chi connectivity index (χ3v) is 6.33. The lowest BCUT2D eigenvalue weighted by molar-refractivity contribution is -0.395. The van der Waals surface area contributed by atoms with Crippen LogP contribution in [0, 0.1) is 40.5 Å². The molecule has 0 aliphatic carbocycles. The van der Waals surface area contributed by atoms with Gasteiger partial charge in [0.15, 0.2) is 0 Å². The van der Waals surface area contributed by atoms with E-state index in [2.05, 4.69) is 20.0 Å². The standard InChI is InChI=1S/C27H16N8O10/c36-25-15(7-19(32(38)39)10-23(25)34(42)43)12-28-17-3-1-14(2-4-17)27-30-21-6-5-18(9-22(21)31-27)29-13-16-8-20(33(40)41)11-24(26(16)37)35(44)45/h1-13,36-37H,(H,30,31). The summed E-state index contributed by atoms with van der Waals surface area (Å²) in [6.45, 7) is 0. The van der Waals surface area contributed by atoms with E-state index in [1.807, 2.05) is 0 Å². The number of non-ortho nitro benzene ring substituents is 2. The first-order chi connectivity index (χ1) is 21.4. The lowest BCUT2D eigenvalue weighted by Crippen LogP contribution is -1.96. The third-order valence-electron chi connectivity index (χ3n) is 6.33. The number of hydrogen-bond acceptors (Lipinski definition) is 13. The van der Waals surface area contributed by atoms with Crippen molar-refractivity contribution in [3.8, 4) is 22.9 Å². The molecular weight excluding hydrogens is 596 g/mol. The number of nitrogens with one attached hydrogen (secondary N) is 1. The summed E-state index contributed by atoms with van der Waals surface area (Å²) < 4.78 is 0. The number of hydrogen-bond donors (Lipinski definition) is 3. The lowest BCUT2D eigenvalue weighted by Gasteiger charge is -2.01. The maximum absolute atomic E-state index is 11.2. The van der Waals surface area contributed by atoms with E-state index < -0.39 is 53.9 Å². The number of phenols is 2. The molecule has 4 aromatic carbocycles. The molecule has 0 bridgehead atoms. The zero-order chi connectivity index (χ0) is 32.4. The number of H-pyrrole nitrogens is 1. The average molecular weight is 612 g/mol. The van der Waals surface area contributed by atoms with E-state index in [4.69, 9.17) is 0 Å². The van der Waals surface area contributed by atoms with E-state index in [1.165, 1.54) is 0 Å². The SMILES string of the molecule is O=[N+]([O-])c1cc(C=Nc2ccc(-c3nc4ccc(N=Cc5cc([N+](=O)[O-])cc([N+](=O)[O-])c5O)cc4[nH]3)cc2)c(O)c([N+](=O)[O-])c1. The summed E-state index contributed by atoms with van der Waals surface area (Å²) >= 11 is 0. The molecule has 18 nitrogen and oxygen atoms in total. The number of rotatable bonds is 9. The Bertz CT molecular complexity index is 2110. The molecule has 0 radical (unpaired) electrons. The van der Waals surface area contributed by atoms with Crippen LogP contribution in [0.3, 0.4) is 0 Å². The zero-order valence-corrected chi connectivity index (χ0v) is 22.3. The first-order valence-electron chi connectivity index (χ1n) is 12.4. The molecular formula is C27H16N8O10. The largest absolute Gasteiger partial charge is 0.502 e. The Morgan fingerprint density at radius 3 is 1.62 bits per heavy atom. The molecule has 45 heavy (non-hydrogen) atoms. The maximum atomic E-state index is 11.2. The van der Waals surface area contributed by atoms with Gasteiger partial charge in [-0.05, 0) is 42.5 Å². The van der Waals surface area contributed by atoms with E-state index in [1.54, 1.807) is 42.5 Å². The van der Waals surface area contributed by atoms with Crippen molar-refractivity contribution in [2.75, 3.05) is 0 Å². The van der Waals surface area contributed by atoms with Crippen molar-refractivity contribution in [3.05, 3.63) is 118 Å². The van der Waals surface area contributed by atoms with Crippen LogP contribution in [0.1, 0.15) is 11.1 Å². The van der Waals surface area contributed by atoms with Gasteiger partial charge < -0.3 is 15.2 Å². The molecule has 18 heteroatoms. The van der Waals surface area contributed by atoms with E-state index in [0.717, 1.165) is 24.6 Å². The average Bonchev–Trinajstić information content (AvgIpc) is 3.43. The Kier molecular flexibility index (Phi) is 7.60. The number of nitro groups is 4. The number of nitrogens with zero attached hydrogens (tertiary/aromatic N) is 7. The van der Waals surface area contributed by atoms with Crippen molar-refractivity contribution < 1.29 is 29.9 Å². The highest BCUT2D eigenvalue weighted by molar-refractivity contribution is 5.91. The molecule has 1 heterocycles. The molecule has 0 spiro atoms. The summed E-state index contributed by atoms with van der Waals surface area (Å²) in [6.07, 6.45) is 2.14. The van der Waals surface area contributed by atoms with Crippen molar-refractivity contribution in [1.82, 2.24) is 9.97 Å². The van der Waals surface area contributed by atoms with Gasteiger partial charge in [0.25, 0.3) is 11.4 Å². The number of phenolic OH excluding ortho intramolecular Hbond substituents is 2. The number of aromatic amines is 1. The summed E-state index contributed by atoms with van der Waals surface area (Å²) in [5.74, 6) is -1.07. The highest BCUT2D eigenvalue weighted by Gasteiger charge is 2.24. The van der Waals surface area contributed by atoms with Gasteiger partial charge in [-0.2, -0.15) is 0 Å². The molecule has 0 fully saturated rings. The minimum Gasteiger partial charge on any atom is -0.502 e. The van der Waals surface area contributed by atoms with Crippen LogP contribution in [0.25, 0.3) is 22.4 Å². The van der Waals surface area contributed by atoms with Crippen LogP contribution in [-0.4, -0.2) is 52.3 Å². The summed E-state index contributed by atoms with van der Waals surface area (Å²) in [6, 6.07) is 14.6. The van der Waals surface area contributed by atoms with Crippen LogP contribution >= 0.6 is 0 Å². The summed E-state index contributed by atoms with van der Waals surface area (Å²) in [5.41, 5.74) is -0.797. The zero-order valence-electron chi connectivity index (χ0n) is 22.3. The number of imidazole rings is 1. The van der Waals surface area contributed by atoms with E-state index >= 15 is 0 Å². The van der Waals surface area contributed by atoms with Gasteiger partial charge in [-0.25, -0.2) is 4.98 Å². The molecule has 0 unspecified atom stereocenters. The van der Waals surface area contributed by atoms with Crippen LogP contribution in [0.4, 0.5) is 34.1 Å². The predicted molar refractivity (Wildman–Crippen MR) is 159 cm³/mol. The van der Waals surface area contributed by atoms with Crippen LogP contribution in [-0.2, 0) is 0 Å². The fraction of sp³-hybridized carbons (Fsp3) is 0. The first-order valence-corrected chi connectivity index (χ1v) is 12.4. The van der Waals surface area contributed by atoms with Gasteiger partial charge in [-0.3, -0.25) is 50.4 Å². The van der Waals surface area contributed by atoms with Crippen LogP contribution in [0.15, 0.2) is 76.7 Å². The van der Waals surface area contributed by atoms with Crippen LogP contribution in [0.2, 0.25) is 0 Å². The normalized spacial score (nSPS) is 11.4. The molecule has 0 amide bonds. The van der Waals surface area contributed by atoms with E-state index in [-0.39, 0.29) is 11.1 Å². The second kappa shape index (κ2) is 11.6. The van der Waals surface area contributed by atoms with Crippen LogP contribution in [0.5, 0.6) is 11.5 Å². The Hall–Kier alpha value is -7.11. The highest BCUT2D eigenvalue weighted by Crippen LogP contribution is 2.35.